The molecule has 1 aromatic rings. The zero-order chi connectivity index (χ0) is 8.69. The predicted molar refractivity (Wildman–Crippen MR) is 37.0 cm³/mol. The van der Waals surface area contributed by atoms with Crippen molar-refractivity contribution in [2.45, 2.75) is 0 Å². The highest BCUT2D eigenvalue weighted by Gasteiger charge is 2.00. The van der Waals surface area contributed by atoms with Crippen LogP contribution in [0.2, 0.25) is 0 Å². The molecule has 1 rings (SSSR count). The van der Waals surface area contributed by atoms with E-state index >= 15 is 0 Å². The van der Waals surface area contributed by atoms with Gasteiger partial charge in [-0.05, 0) is 16.0 Å². The molecule has 0 amide bonds. The van der Waals surface area contributed by atoms with Gasteiger partial charge in [-0.25, -0.2) is 0 Å². The Balaban J connectivity index is 0.000000461. The van der Waals surface area contributed by atoms with Crippen molar-refractivity contribution in [3.63, 3.8) is 0 Å². The third kappa shape index (κ3) is 2.99. The lowest BCUT2D eigenvalue weighted by Crippen LogP contribution is -1.88. The number of hydrogen-bond donors (Lipinski definition) is 1. The van der Waals surface area contributed by atoms with Crippen LogP contribution in [-0.2, 0) is 0 Å². The number of nitrogens with one attached hydrogen (secondary N) is 1. The average molecular weight is 155 g/mol. The summed E-state index contributed by atoms with van der Waals surface area (Å²) in [5.41, 5.74) is 4.50. The van der Waals surface area contributed by atoms with Crippen molar-refractivity contribution in [1.82, 2.24) is 4.98 Å². The molecule has 6 heteroatoms. The van der Waals surface area contributed by atoms with Crippen molar-refractivity contribution in [3.05, 3.63) is 39.4 Å². The fraction of sp³-hybridized carbons (Fsp3) is 0. The highest BCUT2D eigenvalue weighted by Crippen LogP contribution is 2.01. The van der Waals surface area contributed by atoms with E-state index in [4.69, 9.17) is 4.91 Å². The van der Waals surface area contributed by atoms with Crippen LogP contribution in [0.5, 0.6) is 0 Å². The largest absolute Gasteiger partial charge is 0.363 e. The molecule has 0 fully saturated rings. The Morgan fingerprint density at radius 2 is 2.09 bits per heavy atom. The average Bonchev–Trinajstić information content (AvgIpc) is 2.10. The maximum atomic E-state index is 9.94. The summed E-state index contributed by atoms with van der Waals surface area (Å²) in [4.78, 5) is 20.4. The maximum absolute atomic E-state index is 9.94. The van der Waals surface area contributed by atoms with Crippen LogP contribution >= 0.6 is 0 Å². The van der Waals surface area contributed by atoms with Gasteiger partial charge >= 0.3 is 5.82 Å². The van der Waals surface area contributed by atoms with Crippen molar-refractivity contribution < 1.29 is 4.92 Å². The molecule has 0 bridgehead atoms. The number of nitroso groups, excluding NO2 is 1. The molecule has 0 aliphatic rings. The van der Waals surface area contributed by atoms with Crippen molar-refractivity contribution in [2.75, 3.05) is 0 Å². The van der Waals surface area contributed by atoms with Crippen LogP contribution in [0.15, 0.2) is 24.4 Å². The third-order valence-corrected chi connectivity index (χ3v) is 0.836. The molecule has 1 N–H and O–H groups in total. The molecule has 0 aliphatic heterocycles. The summed E-state index contributed by atoms with van der Waals surface area (Å²) in [5.74, 6) is -0.113. The molecular weight excluding hydrogens is 150 g/mol. The summed E-state index contributed by atoms with van der Waals surface area (Å²) in [5, 5.41) is 9.94. The highest BCUT2D eigenvalue weighted by atomic mass is 16.6. The SMILES string of the molecule is N=O.O=[N+]([O-])c1ccccn1. The Bertz CT molecular complexity index is 226. The quantitative estimate of drug-likeness (QED) is 0.375. The molecule has 1 aromatic heterocycles. The van der Waals surface area contributed by atoms with Crippen molar-refractivity contribution >= 4 is 5.82 Å². The molecule has 0 saturated heterocycles. The topological polar surface area (TPSA) is 97.0 Å². The van der Waals surface area contributed by atoms with Crippen molar-refractivity contribution in [1.29, 1.82) is 5.59 Å². The second-order valence-corrected chi connectivity index (χ2v) is 1.45. The summed E-state index contributed by atoms with van der Waals surface area (Å²) in [6.45, 7) is 0. The monoisotopic (exact) mass is 155 g/mol. The second-order valence-electron chi connectivity index (χ2n) is 1.45. The minimum atomic E-state index is -0.528. The molecule has 0 radical (unpaired) electrons. The molecule has 0 atom stereocenters. The minimum absolute atomic E-state index is 0.113. The van der Waals surface area contributed by atoms with Crippen LogP contribution in [0, 0.1) is 20.6 Å². The van der Waals surface area contributed by atoms with Crippen LogP contribution in [0.1, 0.15) is 0 Å². The van der Waals surface area contributed by atoms with Gasteiger partial charge in [-0.2, -0.15) is 4.91 Å². The van der Waals surface area contributed by atoms with Gasteiger partial charge in [-0.15, -0.1) is 0 Å². The molecular formula is C5H5N3O3. The number of nitrogens with zero attached hydrogens (tertiary/aromatic N) is 2. The number of nitro groups is 1. The Labute approximate surface area is 61.8 Å². The molecule has 11 heavy (non-hydrogen) atoms. The van der Waals surface area contributed by atoms with E-state index in [9.17, 15) is 10.1 Å². The van der Waals surface area contributed by atoms with E-state index in [1.807, 2.05) is 0 Å². The Morgan fingerprint density at radius 1 is 1.45 bits per heavy atom. The molecule has 1 heterocycles. The van der Waals surface area contributed by atoms with E-state index in [0.717, 1.165) is 0 Å². The van der Waals surface area contributed by atoms with Gasteiger partial charge in [-0.3, -0.25) is 0 Å². The first-order valence-corrected chi connectivity index (χ1v) is 2.56. The number of rotatable bonds is 1. The lowest BCUT2D eigenvalue weighted by Gasteiger charge is -1.86. The van der Waals surface area contributed by atoms with Gasteiger partial charge in [0, 0.05) is 6.07 Å². The predicted octanol–water partition coefficient (Wildman–Crippen LogP) is 1.32. The molecule has 0 saturated carbocycles. The molecule has 58 valence electrons. The summed E-state index contributed by atoms with van der Waals surface area (Å²) >= 11 is 0. The molecule has 0 aromatic carbocycles. The zero-order valence-electron chi connectivity index (χ0n) is 5.43. The van der Waals surface area contributed by atoms with E-state index in [2.05, 4.69) is 10.6 Å². The van der Waals surface area contributed by atoms with Gasteiger partial charge < -0.3 is 10.1 Å². The first-order valence-electron chi connectivity index (χ1n) is 2.56. The van der Waals surface area contributed by atoms with Gasteiger partial charge in [0.05, 0.1) is 0 Å². The zero-order valence-corrected chi connectivity index (χ0v) is 5.43. The van der Waals surface area contributed by atoms with E-state index in [0.29, 0.717) is 0 Å². The van der Waals surface area contributed by atoms with Gasteiger partial charge in [-0.1, -0.05) is 11.7 Å². The number of pyridine rings is 1. The first kappa shape index (κ1) is 9.15. The van der Waals surface area contributed by atoms with Gasteiger partial charge in [0.25, 0.3) is 0 Å². The first-order chi connectivity index (χ1) is 5.30. The Hall–Kier alpha value is -1.85. The molecule has 0 aliphatic carbocycles. The van der Waals surface area contributed by atoms with E-state index in [1.165, 1.54) is 12.3 Å². The third-order valence-electron chi connectivity index (χ3n) is 0.836. The lowest BCUT2D eigenvalue weighted by molar-refractivity contribution is -0.389. The Morgan fingerprint density at radius 3 is 2.36 bits per heavy atom. The van der Waals surface area contributed by atoms with E-state index < -0.39 is 4.92 Å². The number of hydrogen-bond acceptors (Lipinski definition) is 5. The summed E-state index contributed by atoms with van der Waals surface area (Å²) in [6.07, 6.45) is 1.39. The minimum Gasteiger partial charge on any atom is -0.358 e. The van der Waals surface area contributed by atoms with Crippen LogP contribution in [-0.4, -0.2) is 9.91 Å². The maximum Gasteiger partial charge on any atom is 0.363 e. The molecule has 6 nitrogen and oxygen atoms in total. The highest BCUT2D eigenvalue weighted by molar-refractivity contribution is 5.16. The van der Waals surface area contributed by atoms with E-state index in [1.54, 1.807) is 12.1 Å². The second kappa shape index (κ2) is 4.98. The van der Waals surface area contributed by atoms with Gasteiger partial charge in [0.1, 0.15) is 6.20 Å². The van der Waals surface area contributed by atoms with Gasteiger partial charge in [0.15, 0.2) is 0 Å². The summed E-state index contributed by atoms with van der Waals surface area (Å²) < 4.78 is 0. The molecule has 0 unspecified atom stereocenters. The summed E-state index contributed by atoms with van der Waals surface area (Å²) in [7, 11) is 0. The van der Waals surface area contributed by atoms with E-state index in [-0.39, 0.29) is 5.82 Å². The van der Waals surface area contributed by atoms with Crippen LogP contribution in [0.25, 0.3) is 0 Å². The van der Waals surface area contributed by atoms with Crippen LogP contribution < -0.4 is 0 Å². The fourth-order valence-corrected chi connectivity index (χ4v) is 0.462. The van der Waals surface area contributed by atoms with Crippen molar-refractivity contribution in [3.8, 4) is 0 Å². The van der Waals surface area contributed by atoms with Crippen molar-refractivity contribution in [2.24, 2.45) is 0 Å². The van der Waals surface area contributed by atoms with Gasteiger partial charge in [0.2, 0.25) is 0 Å². The standard InChI is InChI=1S/C5H4N2O2.HNO/c8-7(9)5-3-1-2-4-6-5;1-2/h1-4H;1H. The Kier molecular flexibility index (Phi) is 4.14. The summed E-state index contributed by atoms with van der Waals surface area (Å²) in [6, 6.07) is 4.55. The van der Waals surface area contributed by atoms with Crippen LogP contribution in [0.3, 0.4) is 0 Å². The van der Waals surface area contributed by atoms with Crippen LogP contribution in [0.4, 0.5) is 5.82 Å². The molecule has 0 spiro atoms. The number of aromatic nitrogens is 1. The normalized spacial score (nSPS) is 7.64. The fourth-order valence-electron chi connectivity index (χ4n) is 0.462. The lowest BCUT2D eigenvalue weighted by atomic mass is 10.5. The smallest absolute Gasteiger partial charge is 0.358 e.